The fraction of sp³-hybridized carbons (Fsp3) is 0.429. The highest BCUT2D eigenvalue weighted by Crippen LogP contribution is 2.22. The number of nitrogens with zero attached hydrogens (tertiary/aromatic N) is 2. The van der Waals surface area contributed by atoms with Gasteiger partial charge in [0.25, 0.3) is 0 Å². The number of hydrogen-bond acceptors (Lipinski definition) is 3. The third kappa shape index (κ3) is 2.52. The van der Waals surface area contributed by atoms with Gasteiger partial charge in [0.2, 0.25) is 5.91 Å². The van der Waals surface area contributed by atoms with Crippen LogP contribution in [0.5, 0.6) is 0 Å². The standard InChI is InChI=1S/C14H17N3O/c1-10(2)16-13-6-7-17(14(13)18)12-5-3-4-11(8-12)9-15/h3-5,8,10,13,16H,6-7H2,1-2H3. The van der Waals surface area contributed by atoms with Crippen LogP contribution in [-0.4, -0.2) is 24.5 Å². The maximum atomic E-state index is 12.2. The summed E-state index contributed by atoms with van der Waals surface area (Å²) in [4.78, 5) is 14.0. The fourth-order valence-corrected chi connectivity index (χ4v) is 2.24. The molecule has 4 nitrogen and oxygen atoms in total. The molecule has 0 bridgehead atoms. The predicted molar refractivity (Wildman–Crippen MR) is 70.2 cm³/mol. The Balaban J connectivity index is 2.16. The first-order valence-electron chi connectivity index (χ1n) is 6.19. The number of carbonyl (C=O) groups excluding carboxylic acids is 1. The molecule has 94 valence electrons. The van der Waals surface area contributed by atoms with Crippen molar-refractivity contribution in [3.05, 3.63) is 29.8 Å². The van der Waals surface area contributed by atoms with E-state index in [1.165, 1.54) is 0 Å². The van der Waals surface area contributed by atoms with E-state index >= 15 is 0 Å². The molecule has 1 fully saturated rings. The van der Waals surface area contributed by atoms with Gasteiger partial charge in [0.05, 0.1) is 17.7 Å². The van der Waals surface area contributed by atoms with Gasteiger partial charge in [-0.1, -0.05) is 19.9 Å². The zero-order valence-electron chi connectivity index (χ0n) is 10.7. The van der Waals surface area contributed by atoms with Gasteiger partial charge in [-0.2, -0.15) is 5.26 Å². The van der Waals surface area contributed by atoms with Crippen LogP contribution in [0.15, 0.2) is 24.3 Å². The lowest BCUT2D eigenvalue weighted by molar-refractivity contribution is -0.118. The molecule has 1 aliphatic heterocycles. The quantitative estimate of drug-likeness (QED) is 0.878. The highest BCUT2D eigenvalue weighted by Gasteiger charge is 2.32. The third-order valence-electron chi connectivity index (χ3n) is 3.03. The Morgan fingerprint density at radius 2 is 2.28 bits per heavy atom. The Labute approximate surface area is 107 Å². The van der Waals surface area contributed by atoms with Crippen molar-refractivity contribution in [2.24, 2.45) is 0 Å². The van der Waals surface area contributed by atoms with Crippen LogP contribution in [-0.2, 0) is 4.79 Å². The molecule has 0 aliphatic carbocycles. The van der Waals surface area contributed by atoms with Crippen LogP contribution in [0.2, 0.25) is 0 Å². The smallest absolute Gasteiger partial charge is 0.244 e. The predicted octanol–water partition coefficient (Wildman–Crippen LogP) is 1.66. The van der Waals surface area contributed by atoms with Gasteiger partial charge in [0.1, 0.15) is 0 Å². The maximum Gasteiger partial charge on any atom is 0.244 e. The molecule has 1 aromatic carbocycles. The van der Waals surface area contributed by atoms with Crippen LogP contribution in [0, 0.1) is 11.3 Å². The highest BCUT2D eigenvalue weighted by atomic mass is 16.2. The van der Waals surface area contributed by atoms with Crippen molar-refractivity contribution >= 4 is 11.6 Å². The van der Waals surface area contributed by atoms with Gasteiger partial charge in [0, 0.05) is 18.3 Å². The van der Waals surface area contributed by atoms with Gasteiger partial charge >= 0.3 is 0 Å². The second kappa shape index (κ2) is 5.19. The number of benzene rings is 1. The van der Waals surface area contributed by atoms with Crippen molar-refractivity contribution in [3.63, 3.8) is 0 Å². The molecule has 4 heteroatoms. The average Bonchev–Trinajstić information content (AvgIpc) is 2.70. The van der Waals surface area contributed by atoms with E-state index in [0.717, 1.165) is 12.1 Å². The number of nitrogens with one attached hydrogen (secondary N) is 1. The summed E-state index contributed by atoms with van der Waals surface area (Å²) >= 11 is 0. The zero-order chi connectivity index (χ0) is 13.1. The summed E-state index contributed by atoms with van der Waals surface area (Å²) in [6.45, 7) is 4.77. The van der Waals surface area contributed by atoms with Crippen LogP contribution >= 0.6 is 0 Å². The first kappa shape index (κ1) is 12.6. The fourth-order valence-electron chi connectivity index (χ4n) is 2.24. The molecule has 2 rings (SSSR count). The van der Waals surface area contributed by atoms with Gasteiger partial charge < -0.3 is 10.2 Å². The van der Waals surface area contributed by atoms with Crippen LogP contribution < -0.4 is 10.2 Å². The molecule has 1 atom stereocenters. The second-order valence-electron chi connectivity index (χ2n) is 4.81. The minimum Gasteiger partial charge on any atom is -0.311 e. The summed E-state index contributed by atoms with van der Waals surface area (Å²) in [6, 6.07) is 9.47. The van der Waals surface area contributed by atoms with E-state index in [0.29, 0.717) is 18.2 Å². The Hall–Kier alpha value is -1.86. The first-order chi connectivity index (χ1) is 8.61. The second-order valence-corrected chi connectivity index (χ2v) is 4.81. The van der Waals surface area contributed by atoms with Gasteiger partial charge in [-0.15, -0.1) is 0 Å². The third-order valence-corrected chi connectivity index (χ3v) is 3.03. The Morgan fingerprint density at radius 3 is 2.94 bits per heavy atom. The molecule has 0 radical (unpaired) electrons. The van der Waals surface area contributed by atoms with E-state index in [4.69, 9.17) is 5.26 Å². The Kier molecular flexibility index (Phi) is 3.63. The lowest BCUT2D eigenvalue weighted by Crippen LogP contribution is -2.41. The molecule has 0 saturated carbocycles. The molecule has 1 aliphatic rings. The van der Waals surface area contributed by atoms with E-state index in [9.17, 15) is 4.79 Å². The van der Waals surface area contributed by atoms with Crippen LogP contribution in [0.1, 0.15) is 25.8 Å². The van der Waals surface area contributed by atoms with Crippen molar-refractivity contribution in [3.8, 4) is 6.07 Å². The number of carbonyl (C=O) groups is 1. The zero-order valence-corrected chi connectivity index (χ0v) is 10.7. The summed E-state index contributed by atoms with van der Waals surface area (Å²) in [5, 5.41) is 12.1. The number of nitriles is 1. The summed E-state index contributed by atoms with van der Waals surface area (Å²) in [6.07, 6.45) is 0.813. The Morgan fingerprint density at radius 1 is 1.50 bits per heavy atom. The molecule has 1 amide bonds. The first-order valence-corrected chi connectivity index (χ1v) is 6.19. The minimum atomic E-state index is -0.101. The molecular weight excluding hydrogens is 226 g/mol. The number of amides is 1. The van der Waals surface area contributed by atoms with Gasteiger partial charge in [-0.3, -0.25) is 4.79 Å². The topological polar surface area (TPSA) is 56.1 Å². The summed E-state index contributed by atoms with van der Waals surface area (Å²) in [5.74, 6) is 0.0961. The molecule has 0 spiro atoms. The monoisotopic (exact) mass is 243 g/mol. The molecule has 18 heavy (non-hydrogen) atoms. The highest BCUT2D eigenvalue weighted by molar-refractivity contribution is 5.99. The number of anilines is 1. The van der Waals surface area contributed by atoms with Crippen molar-refractivity contribution in [2.75, 3.05) is 11.4 Å². The summed E-state index contributed by atoms with van der Waals surface area (Å²) < 4.78 is 0. The minimum absolute atomic E-state index is 0.0961. The number of hydrogen-bond donors (Lipinski definition) is 1. The lowest BCUT2D eigenvalue weighted by Gasteiger charge is -2.18. The van der Waals surface area contributed by atoms with Crippen molar-refractivity contribution in [1.82, 2.24) is 5.32 Å². The Bertz CT molecular complexity index is 490. The van der Waals surface area contributed by atoms with Crippen LogP contribution in [0.4, 0.5) is 5.69 Å². The van der Waals surface area contributed by atoms with Gasteiger partial charge in [0.15, 0.2) is 0 Å². The maximum absolute atomic E-state index is 12.2. The molecule has 1 N–H and O–H groups in total. The van der Waals surface area contributed by atoms with Gasteiger partial charge in [-0.25, -0.2) is 0 Å². The van der Waals surface area contributed by atoms with E-state index in [-0.39, 0.29) is 11.9 Å². The van der Waals surface area contributed by atoms with Crippen molar-refractivity contribution in [1.29, 1.82) is 5.26 Å². The number of rotatable bonds is 3. The van der Waals surface area contributed by atoms with E-state index < -0.39 is 0 Å². The lowest BCUT2D eigenvalue weighted by atomic mass is 10.2. The van der Waals surface area contributed by atoms with E-state index in [2.05, 4.69) is 11.4 Å². The summed E-state index contributed by atoms with van der Waals surface area (Å²) in [7, 11) is 0. The average molecular weight is 243 g/mol. The van der Waals surface area contributed by atoms with E-state index in [1.54, 1.807) is 17.0 Å². The van der Waals surface area contributed by atoms with Crippen molar-refractivity contribution in [2.45, 2.75) is 32.4 Å². The molecule has 1 unspecified atom stereocenters. The SMILES string of the molecule is CC(C)NC1CCN(c2cccc(C#N)c2)C1=O. The van der Waals surface area contributed by atoms with Crippen molar-refractivity contribution < 1.29 is 4.79 Å². The summed E-state index contributed by atoms with van der Waals surface area (Å²) in [5.41, 5.74) is 1.40. The normalized spacial score (nSPS) is 19.3. The molecule has 1 heterocycles. The molecule has 1 aromatic rings. The van der Waals surface area contributed by atoms with E-state index in [1.807, 2.05) is 26.0 Å². The van der Waals surface area contributed by atoms with Crippen LogP contribution in [0.25, 0.3) is 0 Å². The van der Waals surface area contributed by atoms with Crippen LogP contribution in [0.3, 0.4) is 0 Å². The van der Waals surface area contributed by atoms with Gasteiger partial charge in [-0.05, 0) is 24.6 Å². The molecule has 1 saturated heterocycles. The molecular formula is C14H17N3O. The molecule has 0 aromatic heterocycles. The largest absolute Gasteiger partial charge is 0.311 e.